The molecular weight excluding hydrogens is 188 g/mol. The lowest BCUT2D eigenvalue weighted by atomic mass is 10.4. The number of carbonyl (C=O) groups excluding carboxylic acids is 1. The van der Waals surface area contributed by atoms with Crippen LogP contribution in [-0.4, -0.2) is 18.0 Å². The van der Waals surface area contributed by atoms with Gasteiger partial charge in [0.2, 0.25) is 11.5 Å². The third kappa shape index (κ3) is 3.12. The number of nitrogens with zero attached hydrogens (tertiary/aromatic N) is 2. The summed E-state index contributed by atoms with van der Waals surface area (Å²) in [4.78, 5) is 19.5. The first-order valence-electron chi connectivity index (χ1n) is 4.07. The molecule has 0 aliphatic carbocycles. The fraction of sp³-hybridized carbons (Fsp3) is 0.500. The van der Waals surface area contributed by atoms with Crippen molar-refractivity contribution in [3.05, 3.63) is 11.6 Å². The number of carbonyl (C=O) groups is 1. The number of thiazole rings is 1. The van der Waals surface area contributed by atoms with Gasteiger partial charge in [-0.25, -0.2) is 4.98 Å². The molecule has 1 rings (SSSR count). The maximum absolute atomic E-state index is 10.6. The third-order valence-electron chi connectivity index (χ3n) is 1.39. The summed E-state index contributed by atoms with van der Waals surface area (Å²) in [5.74, 6) is 0. The van der Waals surface area contributed by atoms with Gasteiger partial charge in [0.05, 0.1) is 6.61 Å². The molecule has 5 heteroatoms. The first-order chi connectivity index (χ1) is 6.38. The van der Waals surface area contributed by atoms with Crippen LogP contribution in [-0.2, 0) is 9.63 Å². The monoisotopic (exact) mass is 199 g/mol. The van der Waals surface area contributed by atoms with Crippen LogP contribution in [0.5, 0.6) is 0 Å². The Kier molecular flexibility index (Phi) is 4.42. The van der Waals surface area contributed by atoms with Crippen molar-refractivity contribution in [2.75, 3.05) is 11.7 Å². The van der Waals surface area contributed by atoms with Gasteiger partial charge in [-0.1, -0.05) is 13.3 Å². The lowest BCUT2D eigenvalue weighted by Crippen LogP contribution is -2.21. The van der Waals surface area contributed by atoms with E-state index in [9.17, 15) is 4.79 Å². The van der Waals surface area contributed by atoms with Gasteiger partial charge in [-0.05, 0) is 6.42 Å². The summed E-state index contributed by atoms with van der Waals surface area (Å²) in [6.45, 7) is 2.60. The van der Waals surface area contributed by atoms with Crippen LogP contribution in [0.3, 0.4) is 0 Å². The van der Waals surface area contributed by atoms with Crippen LogP contribution in [0.1, 0.15) is 19.8 Å². The maximum atomic E-state index is 10.6. The lowest BCUT2D eigenvalue weighted by molar-refractivity contribution is -0.114. The van der Waals surface area contributed by atoms with E-state index in [2.05, 4.69) is 18.1 Å². The SMILES string of the molecule is CCCCON(C=O)c1n[c]cs1. The molecule has 4 nitrogen and oxygen atoms in total. The van der Waals surface area contributed by atoms with Gasteiger partial charge in [-0.2, -0.15) is 5.06 Å². The highest BCUT2D eigenvalue weighted by Crippen LogP contribution is 2.15. The van der Waals surface area contributed by atoms with Crippen LogP contribution in [0.25, 0.3) is 0 Å². The lowest BCUT2D eigenvalue weighted by Gasteiger charge is -2.12. The Labute approximate surface area is 81.1 Å². The zero-order valence-electron chi connectivity index (χ0n) is 7.40. The number of hydroxylamine groups is 1. The van der Waals surface area contributed by atoms with Crippen LogP contribution >= 0.6 is 11.3 Å². The summed E-state index contributed by atoms with van der Waals surface area (Å²) >= 11 is 1.32. The standard InChI is InChI=1S/C8H11N2O2S/c1-2-3-5-12-10(7-11)8-9-4-6-13-8/h6-7H,2-3,5H2,1H3. The molecule has 13 heavy (non-hydrogen) atoms. The van der Waals surface area contributed by atoms with Gasteiger partial charge in [-0.15, -0.1) is 11.3 Å². The van der Waals surface area contributed by atoms with E-state index in [1.54, 1.807) is 5.38 Å². The van der Waals surface area contributed by atoms with Crippen LogP contribution in [0, 0.1) is 6.20 Å². The number of unbranched alkanes of at least 4 members (excludes halogenated alkanes) is 1. The van der Waals surface area contributed by atoms with Crippen molar-refractivity contribution in [1.82, 2.24) is 4.98 Å². The summed E-state index contributed by atoms with van der Waals surface area (Å²) in [6.07, 6.45) is 5.20. The molecular formula is C8H11N2O2S. The molecule has 0 N–H and O–H groups in total. The second kappa shape index (κ2) is 5.66. The average molecular weight is 199 g/mol. The molecule has 1 heterocycles. The Morgan fingerprint density at radius 1 is 1.85 bits per heavy atom. The molecule has 0 fully saturated rings. The molecule has 0 unspecified atom stereocenters. The number of amides is 1. The number of hydrogen-bond acceptors (Lipinski definition) is 4. The van der Waals surface area contributed by atoms with Gasteiger partial charge in [0.1, 0.15) is 6.20 Å². The van der Waals surface area contributed by atoms with E-state index in [-0.39, 0.29) is 0 Å². The fourth-order valence-electron chi connectivity index (χ4n) is 0.726. The molecule has 0 aliphatic rings. The van der Waals surface area contributed by atoms with Crippen molar-refractivity contribution in [2.45, 2.75) is 19.8 Å². The van der Waals surface area contributed by atoms with Gasteiger partial charge in [0.25, 0.3) is 0 Å². The molecule has 1 radical (unpaired) electrons. The van der Waals surface area contributed by atoms with Gasteiger partial charge in [-0.3, -0.25) is 9.63 Å². The minimum atomic E-state index is 0.520. The largest absolute Gasteiger partial charge is 0.276 e. The highest BCUT2D eigenvalue weighted by molar-refractivity contribution is 7.13. The van der Waals surface area contributed by atoms with E-state index >= 15 is 0 Å². The third-order valence-corrected chi connectivity index (χ3v) is 2.10. The summed E-state index contributed by atoms with van der Waals surface area (Å²) in [6, 6.07) is 0. The smallest absolute Gasteiger partial charge is 0.240 e. The Morgan fingerprint density at radius 2 is 2.69 bits per heavy atom. The van der Waals surface area contributed by atoms with Crippen LogP contribution in [0.4, 0.5) is 5.13 Å². The van der Waals surface area contributed by atoms with Crippen molar-refractivity contribution in [1.29, 1.82) is 0 Å². The molecule has 0 bridgehead atoms. The normalized spacial score (nSPS) is 9.92. The Hall–Kier alpha value is -0.940. The van der Waals surface area contributed by atoms with Crippen molar-refractivity contribution < 1.29 is 9.63 Å². The van der Waals surface area contributed by atoms with Crippen molar-refractivity contribution >= 4 is 22.9 Å². The Morgan fingerprint density at radius 3 is 3.23 bits per heavy atom. The van der Waals surface area contributed by atoms with Gasteiger partial charge >= 0.3 is 0 Å². The summed E-state index contributed by atoms with van der Waals surface area (Å²) in [5.41, 5.74) is 0. The van der Waals surface area contributed by atoms with E-state index < -0.39 is 0 Å². The van der Waals surface area contributed by atoms with E-state index in [1.165, 1.54) is 11.3 Å². The van der Waals surface area contributed by atoms with Crippen molar-refractivity contribution in [2.24, 2.45) is 0 Å². The number of rotatable bonds is 6. The summed E-state index contributed by atoms with van der Waals surface area (Å²) in [7, 11) is 0. The molecule has 1 amide bonds. The highest BCUT2D eigenvalue weighted by Gasteiger charge is 2.07. The average Bonchev–Trinajstić information content (AvgIpc) is 2.65. The molecule has 0 saturated heterocycles. The Bertz CT molecular complexity index is 238. The van der Waals surface area contributed by atoms with Crippen LogP contribution < -0.4 is 5.06 Å². The predicted molar refractivity (Wildman–Crippen MR) is 50.4 cm³/mol. The van der Waals surface area contributed by atoms with Crippen molar-refractivity contribution in [3.8, 4) is 0 Å². The molecule has 0 atom stereocenters. The van der Waals surface area contributed by atoms with Gasteiger partial charge in [0, 0.05) is 5.38 Å². The molecule has 71 valence electrons. The topological polar surface area (TPSA) is 42.4 Å². The predicted octanol–water partition coefficient (Wildman–Crippen LogP) is 1.64. The number of hydrogen-bond donors (Lipinski definition) is 0. The first kappa shape index (κ1) is 10.1. The van der Waals surface area contributed by atoms with E-state index in [0.717, 1.165) is 17.9 Å². The van der Waals surface area contributed by atoms with E-state index in [0.29, 0.717) is 18.1 Å². The van der Waals surface area contributed by atoms with Crippen LogP contribution in [0.2, 0.25) is 0 Å². The zero-order chi connectivity index (χ0) is 9.52. The quantitative estimate of drug-likeness (QED) is 0.397. The number of anilines is 1. The molecule has 0 spiro atoms. The van der Waals surface area contributed by atoms with Gasteiger partial charge in [0.15, 0.2) is 0 Å². The van der Waals surface area contributed by atoms with Crippen molar-refractivity contribution in [3.63, 3.8) is 0 Å². The molecule has 0 aliphatic heterocycles. The second-order valence-corrected chi connectivity index (χ2v) is 3.21. The molecule has 1 aromatic heterocycles. The van der Waals surface area contributed by atoms with Gasteiger partial charge < -0.3 is 0 Å². The second-order valence-electron chi connectivity index (χ2n) is 2.38. The first-order valence-corrected chi connectivity index (χ1v) is 4.95. The summed E-state index contributed by atoms with van der Waals surface area (Å²) < 4.78 is 0. The molecule has 1 aromatic rings. The minimum Gasteiger partial charge on any atom is -0.276 e. The van der Waals surface area contributed by atoms with E-state index in [4.69, 9.17) is 4.84 Å². The molecule has 0 aromatic carbocycles. The zero-order valence-corrected chi connectivity index (χ0v) is 8.21. The minimum absolute atomic E-state index is 0.520. The highest BCUT2D eigenvalue weighted by atomic mass is 32.1. The van der Waals surface area contributed by atoms with Crippen LogP contribution in [0.15, 0.2) is 5.38 Å². The number of aromatic nitrogens is 1. The summed E-state index contributed by atoms with van der Waals surface area (Å²) in [5, 5.41) is 3.33. The Balaban J connectivity index is 2.40. The maximum Gasteiger partial charge on any atom is 0.240 e. The fourth-order valence-corrected chi connectivity index (χ4v) is 1.24. The molecule has 0 saturated carbocycles. The van der Waals surface area contributed by atoms with E-state index in [1.807, 2.05) is 0 Å².